The minimum absolute atomic E-state index is 0.147. The van der Waals surface area contributed by atoms with Gasteiger partial charge >= 0.3 is 6.09 Å². The lowest BCUT2D eigenvalue weighted by atomic mass is 9.50. The number of carbonyl (C=O) groups excluding carboxylic acids is 2. The third-order valence-electron chi connectivity index (χ3n) is 6.63. The number of halogens is 1. The summed E-state index contributed by atoms with van der Waals surface area (Å²) in [5.74, 6) is 0.299. The Hall–Kier alpha value is -3.03. The van der Waals surface area contributed by atoms with Crippen LogP contribution in [0.4, 0.5) is 9.18 Å². The van der Waals surface area contributed by atoms with Crippen molar-refractivity contribution in [2.45, 2.75) is 49.6 Å². The van der Waals surface area contributed by atoms with Crippen LogP contribution in [0.2, 0.25) is 0 Å². The quantitative estimate of drug-likeness (QED) is 0.807. The van der Waals surface area contributed by atoms with Gasteiger partial charge in [-0.3, -0.25) is 9.78 Å². The predicted molar refractivity (Wildman–Crippen MR) is 105 cm³/mol. The van der Waals surface area contributed by atoms with E-state index in [4.69, 9.17) is 4.74 Å². The molecule has 4 bridgehead atoms. The van der Waals surface area contributed by atoms with Crippen LogP contribution in [-0.4, -0.2) is 33.0 Å². The number of hydrogen-bond acceptors (Lipinski definition) is 5. The number of nitrogens with zero attached hydrogens (tertiary/aromatic N) is 2. The van der Waals surface area contributed by atoms with Crippen LogP contribution in [0.15, 0.2) is 42.9 Å². The summed E-state index contributed by atoms with van der Waals surface area (Å²) in [7, 11) is 0. The Balaban J connectivity index is 1.33. The van der Waals surface area contributed by atoms with Crippen molar-refractivity contribution in [2.75, 3.05) is 0 Å². The van der Waals surface area contributed by atoms with Crippen molar-refractivity contribution < 1.29 is 18.7 Å². The summed E-state index contributed by atoms with van der Waals surface area (Å²) in [6.45, 7) is 0. The molecular weight excluding hydrogens is 387 g/mol. The van der Waals surface area contributed by atoms with E-state index in [1.165, 1.54) is 36.8 Å². The summed E-state index contributed by atoms with van der Waals surface area (Å²) < 4.78 is 18.9. The van der Waals surface area contributed by atoms with Gasteiger partial charge in [0, 0.05) is 29.0 Å². The molecule has 2 atom stereocenters. The molecule has 30 heavy (non-hydrogen) atoms. The summed E-state index contributed by atoms with van der Waals surface area (Å²) in [4.78, 5) is 33.3. The van der Waals surface area contributed by atoms with Crippen LogP contribution in [0.1, 0.15) is 48.9 Å². The third kappa shape index (κ3) is 3.62. The maximum absolute atomic E-state index is 13.6. The zero-order valence-corrected chi connectivity index (χ0v) is 16.4. The minimum atomic E-state index is -0.552. The van der Waals surface area contributed by atoms with Gasteiger partial charge < -0.3 is 15.4 Å². The fraction of sp³-hybridized carbons (Fsp3) is 0.455. The van der Waals surface area contributed by atoms with Gasteiger partial charge in [-0.2, -0.15) is 0 Å². The van der Waals surface area contributed by atoms with Gasteiger partial charge in [-0.05, 0) is 68.6 Å². The second kappa shape index (κ2) is 7.04. The average molecular weight is 410 g/mol. The molecule has 2 amide bonds. The second-order valence-corrected chi connectivity index (χ2v) is 9.04. The van der Waals surface area contributed by atoms with Crippen molar-refractivity contribution in [3.63, 3.8) is 0 Å². The molecule has 4 aliphatic rings. The number of rotatable bonds is 4. The Bertz CT molecular complexity index is 969. The first kappa shape index (κ1) is 19.0. The van der Waals surface area contributed by atoms with Crippen LogP contribution >= 0.6 is 0 Å². The maximum Gasteiger partial charge on any atom is 0.414 e. The number of ether oxygens (including phenoxy) is 1. The first-order valence-corrected chi connectivity index (χ1v) is 10.3. The van der Waals surface area contributed by atoms with Crippen LogP contribution in [0, 0.1) is 17.7 Å². The van der Waals surface area contributed by atoms with Crippen LogP contribution < -0.4 is 15.4 Å². The molecule has 6 rings (SSSR count). The van der Waals surface area contributed by atoms with Crippen molar-refractivity contribution in [3.05, 3.63) is 54.2 Å². The van der Waals surface area contributed by atoms with E-state index in [1.54, 1.807) is 6.07 Å². The van der Waals surface area contributed by atoms with E-state index in [-0.39, 0.29) is 11.8 Å². The van der Waals surface area contributed by atoms with Gasteiger partial charge in [0.2, 0.25) is 5.88 Å². The Morgan fingerprint density at radius 3 is 2.47 bits per heavy atom. The highest BCUT2D eigenvalue weighted by Crippen LogP contribution is 2.57. The SMILES string of the molecule is O=C(NC12CC3CC(C1)CC(NC(=O)c1cccc(F)c1)(C3)C2)Oc1cnccn1. The lowest BCUT2D eigenvalue weighted by molar-refractivity contribution is -0.0449. The average Bonchev–Trinajstić information content (AvgIpc) is 2.66. The molecule has 1 aromatic heterocycles. The highest BCUT2D eigenvalue weighted by molar-refractivity contribution is 5.94. The summed E-state index contributed by atoms with van der Waals surface area (Å²) >= 11 is 0. The smallest absolute Gasteiger partial charge is 0.390 e. The number of benzene rings is 1. The maximum atomic E-state index is 13.6. The van der Waals surface area contributed by atoms with Gasteiger partial charge in [-0.1, -0.05) is 6.07 Å². The van der Waals surface area contributed by atoms with Crippen molar-refractivity contribution >= 4 is 12.0 Å². The Kier molecular flexibility index (Phi) is 4.45. The monoisotopic (exact) mass is 410 g/mol. The molecule has 0 saturated heterocycles. The molecule has 4 saturated carbocycles. The Labute approximate surface area is 173 Å². The fourth-order valence-corrected chi connectivity index (χ4v) is 6.17. The standard InChI is InChI=1S/C22H23FN4O3/c23-17-3-1-2-16(7-17)19(28)26-21-8-14-6-15(9-21)11-22(10-14,13-21)27-20(29)30-18-12-24-4-5-25-18/h1-5,7,12,14-15H,6,8-11,13H2,(H,26,28)(H,27,29). The van der Waals surface area contributed by atoms with Gasteiger partial charge in [-0.15, -0.1) is 0 Å². The fourth-order valence-electron chi connectivity index (χ4n) is 6.17. The summed E-state index contributed by atoms with van der Waals surface area (Å²) in [6, 6.07) is 5.73. The summed E-state index contributed by atoms with van der Waals surface area (Å²) in [5, 5.41) is 6.28. The summed E-state index contributed by atoms with van der Waals surface area (Å²) in [5.41, 5.74) is -0.499. The molecule has 0 radical (unpaired) electrons. The van der Waals surface area contributed by atoms with Crippen molar-refractivity contribution in [1.82, 2.24) is 20.6 Å². The van der Waals surface area contributed by atoms with Crippen LogP contribution in [0.3, 0.4) is 0 Å². The molecule has 0 spiro atoms. The highest BCUT2D eigenvalue weighted by atomic mass is 19.1. The highest BCUT2D eigenvalue weighted by Gasteiger charge is 2.59. The van der Waals surface area contributed by atoms with Crippen LogP contribution in [-0.2, 0) is 0 Å². The van der Waals surface area contributed by atoms with Crippen molar-refractivity contribution in [2.24, 2.45) is 11.8 Å². The zero-order valence-electron chi connectivity index (χ0n) is 16.4. The largest absolute Gasteiger partial charge is 0.414 e. The van der Waals surface area contributed by atoms with E-state index >= 15 is 0 Å². The third-order valence-corrected chi connectivity index (χ3v) is 6.63. The van der Waals surface area contributed by atoms with E-state index in [0.717, 1.165) is 32.1 Å². The lowest BCUT2D eigenvalue weighted by Gasteiger charge is -2.62. The molecular formula is C22H23FN4O3. The number of hydrogen-bond donors (Lipinski definition) is 2. The Morgan fingerprint density at radius 2 is 1.80 bits per heavy atom. The predicted octanol–water partition coefficient (Wildman–Crippen LogP) is 3.23. The van der Waals surface area contributed by atoms with E-state index in [9.17, 15) is 14.0 Å². The molecule has 2 aromatic rings. The topological polar surface area (TPSA) is 93.2 Å². The van der Waals surface area contributed by atoms with Gasteiger partial charge in [0.1, 0.15) is 5.82 Å². The lowest BCUT2D eigenvalue weighted by Crippen LogP contribution is -2.70. The van der Waals surface area contributed by atoms with Crippen molar-refractivity contribution in [3.8, 4) is 5.88 Å². The molecule has 2 unspecified atom stereocenters. The molecule has 0 aliphatic heterocycles. The molecule has 4 fully saturated rings. The van der Waals surface area contributed by atoms with E-state index in [2.05, 4.69) is 20.6 Å². The van der Waals surface area contributed by atoms with Crippen LogP contribution in [0.25, 0.3) is 0 Å². The van der Waals surface area contributed by atoms with Gasteiger partial charge in [-0.25, -0.2) is 14.2 Å². The van der Waals surface area contributed by atoms with E-state index < -0.39 is 23.0 Å². The summed E-state index contributed by atoms with van der Waals surface area (Å²) in [6.07, 6.45) is 9.07. The number of amides is 2. The normalized spacial score (nSPS) is 31.2. The molecule has 2 N–H and O–H groups in total. The van der Waals surface area contributed by atoms with Crippen molar-refractivity contribution in [1.29, 1.82) is 0 Å². The molecule has 1 heterocycles. The minimum Gasteiger partial charge on any atom is -0.390 e. The molecule has 7 nitrogen and oxygen atoms in total. The van der Waals surface area contributed by atoms with Gasteiger partial charge in [0.05, 0.1) is 6.20 Å². The zero-order chi connectivity index (χ0) is 20.8. The number of carbonyl (C=O) groups is 2. The van der Waals surface area contributed by atoms with E-state index in [0.29, 0.717) is 23.8 Å². The number of aromatic nitrogens is 2. The molecule has 4 aliphatic carbocycles. The first-order chi connectivity index (χ1) is 14.4. The first-order valence-electron chi connectivity index (χ1n) is 10.3. The molecule has 1 aromatic carbocycles. The van der Waals surface area contributed by atoms with E-state index in [1.807, 2.05) is 0 Å². The molecule has 8 heteroatoms. The number of nitrogens with one attached hydrogen (secondary N) is 2. The van der Waals surface area contributed by atoms with Gasteiger partial charge in [0.15, 0.2) is 0 Å². The van der Waals surface area contributed by atoms with Gasteiger partial charge in [0.25, 0.3) is 5.91 Å². The second-order valence-electron chi connectivity index (χ2n) is 9.04. The molecule has 156 valence electrons. The van der Waals surface area contributed by atoms with Crippen LogP contribution in [0.5, 0.6) is 5.88 Å². The Morgan fingerprint density at radius 1 is 1.07 bits per heavy atom.